The number of furan rings is 1. The predicted molar refractivity (Wildman–Crippen MR) is 87.8 cm³/mol. The minimum Gasteiger partial charge on any atom is -0.458 e. The van der Waals surface area contributed by atoms with Crippen LogP contribution in [-0.4, -0.2) is 10.9 Å². The fourth-order valence-electron chi connectivity index (χ4n) is 2.14. The molecular formula is C17H13F3N2O2S. The van der Waals surface area contributed by atoms with Crippen LogP contribution in [0.1, 0.15) is 18.2 Å². The molecule has 25 heavy (non-hydrogen) atoms. The Morgan fingerprint density at radius 1 is 1.20 bits per heavy atom. The van der Waals surface area contributed by atoms with E-state index in [1.54, 1.807) is 17.5 Å². The van der Waals surface area contributed by atoms with Crippen molar-refractivity contribution < 1.29 is 22.4 Å². The van der Waals surface area contributed by atoms with Gasteiger partial charge in [-0.2, -0.15) is 13.2 Å². The van der Waals surface area contributed by atoms with Crippen molar-refractivity contribution in [1.29, 1.82) is 0 Å². The monoisotopic (exact) mass is 366 g/mol. The molecule has 1 amide bonds. The Labute approximate surface area is 145 Å². The molecule has 3 aromatic rings. The number of alkyl halides is 3. The summed E-state index contributed by atoms with van der Waals surface area (Å²) in [5, 5.41) is 5.01. The van der Waals surface area contributed by atoms with Gasteiger partial charge in [-0.1, -0.05) is 12.1 Å². The van der Waals surface area contributed by atoms with Gasteiger partial charge in [0.1, 0.15) is 16.5 Å². The SMILES string of the molecule is CC(=O)NCc1ccc(-c2csc(-c3ccc(C(F)(F)F)cc3)n2)o1. The summed E-state index contributed by atoms with van der Waals surface area (Å²) in [5.74, 6) is 0.972. The number of halogens is 3. The number of hydrogen-bond acceptors (Lipinski definition) is 4. The summed E-state index contributed by atoms with van der Waals surface area (Å²) in [5.41, 5.74) is 0.505. The van der Waals surface area contributed by atoms with Crippen molar-refractivity contribution in [3.8, 4) is 22.0 Å². The first-order chi connectivity index (χ1) is 11.8. The number of carbonyl (C=O) groups excluding carboxylic acids is 1. The molecule has 0 unspecified atom stereocenters. The summed E-state index contributed by atoms with van der Waals surface area (Å²) in [6, 6.07) is 8.35. The van der Waals surface area contributed by atoms with Crippen molar-refractivity contribution in [2.45, 2.75) is 19.6 Å². The maximum Gasteiger partial charge on any atom is 0.416 e. The predicted octanol–water partition coefficient (Wildman–Crippen LogP) is 4.73. The lowest BCUT2D eigenvalue weighted by Gasteiger charge is -2.06. The van der Waals surface area contributed by atoms with Crippen LogP contribution in [0.4, 0.5) is 13.2 Å². The van der Waals surface area contributed by atoms with Gasteiger partial charge in [-0.05, 0) is 24.3 Å². The van der Waals surface area contributed by atoms with E-state index in [0.717, 1.165) is 12.1 Å². The summed E-state index contributed by atoms with van der Waals surface area (Å²) >= 11 is 1.32. The fraction of sp³-hybridized carbons (Fsp3) is 0.176. The van der Waals surface area contributed by atoms with Crippen LogP contribution in [0.2, 0.25) is 0 Å². The van der Waals surface area contributed by atoms with Crippen LogP contribution in [-0.2, 0) is 17.5 Å². The molecule has 130 valence electrons. The Balaban J connectivity index is 1.77. The van der Waals surface area contributed by atoms with Crippen LogP contribution in [0.3, 0.4) is 0 Å². The number of nitrogens with one attached hydrogen (secondary N) is 1. The number of amides is 1. The summed E-state index contributed by atoms with van der Waals surface area (Å²) in [6.07, 6.45) is -4.36. The van der Waals surface area contributed by atoms with Gasteiger partial charge >= 0.3 is 6.18 Å². The quantitative estimate of drug-likeness (QED) is 0.727. The van der Waals surface area contributed by atoms with Crippen molar-refractivity contribution >= 4 is 17.2 Å². The molecule has 0 aliphatic rings. The minimum absolute atomic E-state index is 0.156. The third-order valence-electron chi connectivity index (χ3n) is 3.39. The van der Waals surface area contributed by atoms with E-state index in [1.807, 2.05) is 0 Å². The number of thiazole rings is 1. The molecule has 0 saturated carbocycles. The molecule has 0 aliphatic heterocycles. The largest absolute Gasteiger partial charge is 0.458 e. The Hall–Kier alpha value is -2.61. The zero-order chi connectivity index (χ0) is 18.0. The zero-order valence-corrected chi connectivity index (χ0v) is 13.9. The van der Waals surface area contributed by atoms with Gasteiger partial charge in [0.2, 0.25) is 5.91 Å². The van der Waals surface area contributed by atoms with Crippen LogP contribution in [0.15, 0.2) is 46.2 Å². The Morgan fingerprint density at radius 2 is 1.92 bits per heavy atom. The zero-order valence-electron chi connectivity index (χ0n) is 13.1. The fourth-order valence-corrected chi connectivity index (χ4v) is 2.96. The summed E-state index contributed by atoms with van der Waals surface area (Å²) in [7, 11) is 0. The highest BCUT2D eigenvalue weighted by molar-refractivity contribution is 7.13. The standard InChI is InChI=1S/C17H13F3N2O2S/c1-10(23)21-8-13-6-7-15(24-13)14-9-25-16(22-14)11-2-4-12(5-3-11)17(18,19)20/h2-7,9H,8H2,1H3,(H,21,23). The molecule has 0 atom stereocenters. The smallest absolute Gasteiger partial charge is 0.416 e. The molecule has 1 N–H and O–H groups in total. The van der Waals surface area contributed by atoms with E-state index in [-0.39, 0.29) is 12.5 Å². The maximum absolute atomic E-state index is 12.6. The number of aromatic nitrogens is 1. The van der Waals surface area contributed by atoms with Crippen LogP contribution in [0, 0.1) is 0 Å². The summed E-state index contributed by atoms with van der Waals surface area (Å²) < 4.78 is 43.4. The molecule has 0 bridgehead atoms. The van der Waals surface area contributed by atoms with E-state index in [1.165, 1.54) is 30.4 Å². The van der Waals surface area contributed by atoms with Gasteiger partial charge in [0.15, 0.2) is 5.76 Å². The van der Waals surface area contributed by atoms with Crippen molar-refractivity contribution in [2.75, 3.05) is 0 Å². The molecule has 0 aliphatic carbocycles. The van der Waals surface area contributed by atoms with Gasteiger partial charge in [-0.15, -0.1) is 11.3 Å². The van der Waals surface area contributed by atoms with Gasteiger partial charge in [-0.25, -0.2) is 4.98 Å². The number of hydrogen-bond donors (Lipinski definition) is 1. The highest BCUT2D eigenvalue weighted by Gasteiger charge is 2.30. The first-order valence-electron chi connectivity index (χ1n) is 7.29. The van der Waals surface area contributed by atoms with E-state index in [0.29, 0.717) is 27.8 Å². The molecule has 8 heteroatoms. The average molecular weight is 366 g/mol. The normalized spacial score (nSPS) is 11.5. The second kappa shape index (κ2) is 6.72. The van der Waals surface area contributed by atoms with Gasteiger partial charge in [0.25, 0.3) is 0 Å². The van der Waals surface area contributed by atoms with Gasteiger partial charge in [-0.3, -0.25) is 4.79 Å². The topological polar surface area (TPSA) is 55.1 Å². The lowest BCUT2D eigenvalue weighted by atomic mass is 10.1. The molecule has 1 aromatic carbocycles. The first-order valence-corrected chi connectivity index (χ1v) is 8.17. The Morgan fingerprint density at radius 3 is 2.56 bits per heavy atom. The maximum atomic E-state index is 12.6. The van der Waals surface area contributed by atoms with Gasteiger partial charge < -0.3 is 9.73 Å². The van der Waals surface area contributed by atoms with E-state index in [9.17, 15) is 18.0 Å². The second-order valence-electron chi connectivity index (χ2n) is 5.29. The van der Waals surface area contributed by atoms with E-state index in [4.69, 9.17) is 4.42 Å². The van der Waals surface area contributed by atoms with Crippen molar-refractivity contribution in [1.82, 2.24) is 10.3 Å². The highest BCUT2D eigenvalue weighted by atomic mass is 32.1. The Kier molecular flexibility index (Phi) is 4.63. The molecule has 2 heterocycles. The number of rotatable bonds is 4. The van der Waals surface area contributed by atoms with Crippen LogP contribution in [0.5, 0.6) is 0 Å². The summed E-state index contributed by atoms with van der Waals surface area (Å²) in [6.45, 7) is 1.70. The minimum atomic E-state index is -4.36. The van der Waals surface area contributed by atoms with Crippen LogP contribution < -0.4 is 5.32 Å². The third kappa shape index (κ3) is 4.08. The van der Waals surface area contributed by atoms with Crippen LogP contribution >= 0.6 is 11.3 Å². The number of nitrogens with zero attached hydrogens (tertiary/aromatic N) is 1. The van der Waals surface area contributed by atoms with Gasteiger partial charge in [0, 0.05) is 17.9 Å². The Bertz CT molecular complexity index is 882. The number of carbonyl (C=O) groups is 1. The van der Waals surface area contributed by atoms with E-state index < -0.39 is 11.7 Å². The van der Waals surface area contributed by atoms with Crippen molar-refractivity contribution in [3.05, 3.63) is 53.1 Å². The lowest BCUT2D eigenvalue weighted by molar-refractivity contribution is -0.137. The number of benzene rings is 1. The van der Waals surface area contributed by atoms with Crippen molar-refractivity contribution in [3.63, 3.8) is 0 Å². The summed E-state index contributed by atoms with van der Waals surface area (Å²) in [4.78, 5) is 15.3. The molecule has 0 spiro atoms. The third-order valence-corrected chi connectivity index (χ3v) is 4.28. The molecular weight excluding hydrogens is 353 g/mol. The molecule has 0 saturated heterocycles. The molecule has 0 fully saturated rings. The average Bonchev–Trinajstić information content (AvgIpc) is 3.21. The molecule has 2 aromatic heterocycles. The molecule has 3 rings (SSSR count). The second-order valence-corrected chi connectivity index (χ2v) is 6.15. The van der Waals surface area contributed by atoms with E-state index >= 15 is 0 Å². The lowest BCUT2D eigenvalue weighted by Crippen LogP contribution is -2.18. The van der Waals surface area contributed by atoms with Crippen molar-refractivity contribution in [2.24, 2.45) is 0 Å². The highest BCUT2D eigenvalue weighted by Crippen LogP contribution is 2.33. The molecule has 4 nitrogen and oxygen atoms in total. The molecule has 0 radical (unpaired) electrons. The van der Waals surface area contributed by atoms with Gasteiger partial charge in [0.05, 0.1) is 12.1 Å². The first kappa shape index (κ1) is 17.2. The van der Waals surface area contributed by atoms with Crippen LogP contribution in [0.25, 0.3) is 22.0 Å². The van der Waals surface area contributed by atoms with E-state index in [2.05, 4.69) is 10.3 Å².